The molecule has 0 bridgehead atoms. The molecule has 9 nitrogen and oxygen atoms in total. The number of halogens is 2. The van der Waals surface area contributed by atoms with Gasteiger partial charge >= 0.3 is 0 Å². The van der Waals surface area contributed by atoms with Gasteiger partial charge in [-0.05, 0) is 43.2 Å². The molecule has 0 saturated carbocycles. The molecule has 0 heterocycles. The minimum atomic E-state index is -3.94. The zero-order valence-corrected chi connectivity index (χ0v) is 23.2. The van der Waals surface area contributed by atoms with Crippen molar-refractivity contribution in [3.05, 3.63) is 52.0 Å². The number of rotatable bonds is 12. The van der Waals surface area contributed by atoms with Gasteiger partial charge in [-0.15, -0.1) is 0 Å². The summed E-state index contributed by atoms with van der Waals surface area (Å²) in [5.41, 5.74) is 0.763. The van der Waals surface area contributed by atoms with E-state index in [0.717, 1.165) is 10.6 Å². The normalized spacial score (nSPS) is 12.0. The van der Waals surface area contributed by atoms with Gasteiger partial charge in [-0.1, -0.05) is 36.2 Å². The van der Waals surface area contributed by atoms with Gasteiger partial charge in [0, 0.05) is 19.2 Å². The van der Waals surface area contributed by atoms with Crippen LogP contribution in [0.15, 0.2) is 36.4 Å². The highest BCUT2D eigenvalue weighted by Gasteiger charge is 2.32. The van der Waals surface area contributed by atoms with Crippen LogP contribution in [0.1, 0.15) is 25.8 Å². The van der Waals surface area contributed by atoms with Crippen LogP contribution in [-0.4, -0.2) is 64.7 Å². The molecular weight excluding hydrogens is 529 g/mol. The third kappa shape index (κ3) is 7.41. The molecular formula is C24H31Cl2N3O6S. The van der Waals surface area contributed by atoms with Crippen LogP contribution in [0.2, 0.25) is 10.0 Å². The maximum Gasteiger partial charge on any atom is 0.244 e. The minimum Gasteiger partial charge on any atom is -0.497 e. The van der Waals surface area contributed by atoms with Gasteiger partial charge in [0.15, 0.2) is 0 Å². The molecule has 2 rings (SSSR count). The van der Waals surface area contributed by atoms with Crippen LogP contribution in [0.5, 0.6) is 11.5 Å². The summed E-state index contributed by atoms with van der Waals surface area (Å²) in [6, 6.07) is 8.68. The smallest absolute Gasteiger partial charge is 0.244 e. The first kappa shape index (κ1) is 29.5. The molecule has 2 aromatic rings. The number of benzene rings is 2. The van der Waals surface area contributed by atoms with Crippen molar-refractivity contribution in [3.63, 3.8) is 0 Å². The highest BCUT2D eigenvalue weighted by molar-refractivity contribution is 7.92. The van der Waals surface area contributed by atoms with Crippen LogP contribution >= 0.6 is 23.2 Å². The molecule has 0 aromatic heterocycles. The Labute approximate surface area is 222 Å². The Morgan fingerprint density at radius 1 is 1.03 bits per heavy atom. The number of anilines is 1. The average Bonchev–Trinajstić information content (AvgIpc) is 2.83. The minimum absolute atomic E-state index is 0.0121. The first-order valence-corrected chi connectivity index (χ1v) is 13.8. The van der Waals surface area contributed by atoms with Crippen molar-refractivity contribution in [2.75, 3.05) is 37.9 Å². The van der Waals surface area contributed by atoms with Crippen molar-refractivity contribution in [1.29, 1.82) is 0 Å². The van der Waals surface area contributed by atoms with Crippen molar-refractivity contribution in [2.45, 2.75) is 32.9 Å². The van der Waals surface area contributed by atoms with E-state index in [4.69, 9.17) is 32.7 Å². The summed E-state index contributed by atoms with van der Waals surface area (Å²) in [4.78, 5) is 27.9. The molecule has 0 radical (unpaired) electrons. The fraction of sp³-hybridized carbons (Fsp3) is 0.417. The molecule has 1 N–H and O–H groups in total. The fourth-order valence-electron chi connectivity index (χ4n) is 3.63. The van der Waals surface area contributed by atoms with Gasteiger partial charge in [0.05, 0.1) is 36.2 Å². The van der Waals surface area contributed by atoms with Crippen molar-refractivity contribution in [1.82, 2.24) is 10.2 Å². The highest BCUT2D eigenvalue weighted by atomic mass is 35.5. The quantitative estimate of drug-likeness (QED) is 0.425. The van der Waals surface area contributed by atoms with E-state index in [2.05, 4.69) is 5.32 Å². The standard InChI is InChI=1S/C24H31Cl2N3O6S/c1-6-20(24(31)27-7-2)28(14-16-8-10-18(25)19(26)12-16)23(30)15-29(36(5,32)33)21-13-17(34-3)9-11-22(21)35-4/h8-13,20H,6-7,14-15H2,1-5H3,(H,27,31)/t20-/m0/s1. The Morgan fingerprint density at radius 3 is 2.25 bits per heavy atom. The zero-order valence-electron chi connectivity index (χ0n) is 20.9. The fourth-order valence-corrected chi connectivity index (χ4v) is 4.80. The number of hydrogen-bond acceptors (Lipinski definition) is 6. The van der Waals surface area contributed by atoms with Crippen molar-refractivity contribution in [2.24, 2.45) is 0 Å². The van der Waals surface area contributed by atoms with E-state index in [1.807, 2.05) is 0 Å². The van der Waals surface area contributed by atoms with E-state index in [1.54, 1.807) is 44.2 Å². The predicted octanol–water partition coefficient (Wildman–Crippen LogP) is 3.72. The molecule has 0 spiro atoms. The Balaban J connectivity index is 2.54. The van der Waals surface area contributed by atoms with E-state index in [9.17, 15) is 18.0 Å². The number of amides is 2. The molecule has 0 fully saturated rings. The van der Waals surface area contributed by atoms with Gasteiger partial charge in [0.2, 0.25) is 21.8 Å². The van der Waals surface area contributed by atoms with Crippen LogP contribution in [0.25, 0.3) is 0 Å². The molecule has 12 heteroatoms. The number of likely N-dealkylation sites (N-methyl/N-ethyl adjacent to an activating group) is 1. The summed E-state index contributed by atoms with van der Waals surface area (Å²) in [6.45, 7) is 3.36. The number of carbonyl (C=O) groups is 2. The predicted molar refractivity (Wildman–Crippen MR) is 142 cm³/mol. The van der Waals surface area contributed by atoms with Crippen LogP contribution in [-0.2, 0) is 26.2 Å². The molecule has 0 aliphatic rings. The molecule has 2 amide bonds. The number of hydrogen-bond donors (Lipinski definition) is 1. The van der Waals surface area contributed by atoms with E-state index < -0.39 is 28.5 Å². The number of ether oxygens (including phenoxy) is 2. The van der Waals surface area contributed by atoms with Crippen molar-refractivity contribution >= 4 is 50.7 Å². The van der Waals surface area contributed by atoms with Gasteiger partial charge in [0.1, 0.15) is 24.1 Å². The molecule has 0 aliphatic heterocycles. The lowest BCUT2D eigenvalue weighted by atomic mass is 10.1. The summed E-state index contributed by atoms with van der Waals surface area (Å²) in [6.07, 6.45) is 1.30. The molecule has 0 aliphatic carbocycles. The largest absolute Gasteiger partial charge is 0.497 e. The SMILES string of the molecule is CCNC(=O)[C@H](CC)N(Cc1ccc(Cl)c(Cl)c1)C(=O)CN(c1cc(OC)ccc1OC)S(C)(=O)=O. The first-order valence-electron chi connectivity index (χ1n) is 11.2. The monoisotopic (exact) mass is 559 g/mol. The van der Waals surface area contributed by atoms with Gasteiger partial charge < -0.3 is 19.7 Å². The van der Waals surface area contributed by atoms with E-state index in [-0.39, 0.29) is 23.9 Å². The summed E-state index contributed by atoms with van der Waals surface area (Å²) in [5.74, 6) is -0.318. The summed E-state index contributed by atoms with van der Waals surface area (Å²) in [5, 5.41) is 3.39. The lowest BCUT2D eigenvalue weighted by molar-refractivity contribution is -0.140. The van der Waals surface area contributed by atoms with Crippen LogP contribution in [0.3, 0.4) is 0 Å². The Bertz CT molecular complexity index is 1190. The average molecular weight is 561 g/mol. The van der Waals surface area contributed by atoms with E-state index in [1.165, 1.54) is 25.2 Å². The maximum atomic E-state index is 13.7. The molecule has 2 aromatic carbocycles. The Kier molecular flexibility index (Phi) is 10.7. The van der Waals surface area contributed by atoms with Gasteiger partial charge in [-0.25, -0.2) is 8.42 Å². The van der Waals surface area contributed by atoms with Crippen molar-refractivity contribution in [3.8, 4) is 11.5 Å². The van der Waals surface area contributed by atoms with Gasteiger partial charge in [0.25, 0.3) is 0 Å². The summed E-state index contributed by atoms with van der Waals surface area (Å²) in [7, 11) is -1.10. The number of nitrogens with zero attached hydrogens (tertiary/aromatic N) is 2. The second-order valence-corrected chi connectivity index (χ2v) is 10.6. The van der Waals surface area contributed by atoms with Crippen LogP contribution in [0.4, 0.5) is 5.69 Å². The first-order chi connectivity index (χ1) is 17.0. The topological polar surface area (TPSA) is 105 Å². The Morgan fingerprint density at radius 2 is 1.72 bits per heavy atom. The Hall–Kier alpha value is -2.69. The number of sulfonamides is 1. The van der Waals surface area contributed by atoms with Crippen LogP contribution < -0.4 is 19.1 Å². The second-order valence-electron chi connectivity index (χ2n) is 7.90. The van der Waals surface area contributed by atoms with E-state index in [0.29, 0.717) is 34.3 Å². The molecule has 1 atom stereocenters. The molecule has 0 unspecified atom stereocenters. The van der Waals surface area contributed by atoms with Gasteiger partial charge in [-0.3, -0.25) is 13.9 Å². The second kappa shape index (κ2) is 13.0. The van der Waals surface area contributed by atoms with Crippen molar-refractivity contribution < 1.29 is 27.5 Å². The lowest BCUT2D eigenvalue weighted by Crippen LogP contribution is -2.52. The highest BCUT2D eigenvalue weighted by Crippen LogP contribution is 2.34. The molecule has 0 saturated heterocycles. The number of carbonyl (C=O) groups excluding carboxylic acids is 2. The third-order valence-corrected chi connectivity index (χ3v) is 7.27. The zero-order chi connectivity index (χ0) is 27.0. The van der Waals surface area contributed by atoms with E-state index >= 15 is 0 Å². The lowest BCUT2D eigenvalue weighted by Gasteiger charge is -2.33. The van der Waals surface area contributed by atoms with Gasteiger partial charge in [-0.2, -0.15) is 0 Å². The summed E-state index contributed by atoms with van der Waals surface area (Å²) < 4.78 is 37.2. The molecule has 36 heavy (non-hydrogen) atoms. The number of nitrogens with one attached hydrogen (secondary N) is 1. The number of methoxy groups -OCH3 is 2. The third-order valence-electron chi connectivity index (χ3n) is 5.41. The molecule has 198 valence electrons. The van der Waals surface area contributed by atoms with Crippen LogP contribution in [0, 0.1) is 0 Å². The summed E-state index contributed by atoms with van der Waals surface area (Å²) >= 11 is 12.2. The maximum absolute atomic E-state index is 13.7.